The van der Waals surface area contributed by atoms with Gasteiger partial charge in [0.1, 0.15) is 22.0 Å². The van der Waals surface area contributed by atoms with Gasteiger partial charge in [-0.1, -0.05) is 31.9 Å². The summed E-state index contributed by atoms with van der Waals surface area (Å²) in [6.07, 6.45) is 2.94. The molecule has 0 aliphatic heterocycles. The van der Waals surface area contributed by atoms with Crippen LogP contribution in [0.2, 0.25) is 0 Å². The number of aromatic nitrogens is 3. The van der Waals surface area contributed by atoms with Gasteiger partial charge in [-0.05, 0) is 42.8 Å². The minimum absolute atomic E-state index is 0.0115. The fraction of sp³-hybridized carbons (Fsp3) is 0.273. The molecule has 0 fully saturated rings. The van der Waals surface area contributed by atoms with Crippen molar-refractivity contribution in [2.24, 2.45) is 0 Å². The lowest BCUT2D eigenvalue weighted by atomic mass is 10.2. The Morgan fingerprint density at radius 3 is 2.30 bits per heavy atom. The minimum atomic E-state index is -3.90. The van der Waals surface area contributed by atoms with Gasteiger partial charge < -0.3 is 15.0 Å². The number of methoxy groups -OCH3 is 1. The second kappa shape index (κ2) is 7.95. The first-order valence-electron chi connectivity index (χ1n) is 9.91. The van der Waals surface area contributed by atoms with Gasteiger partial charge in [0, 0.05) is 6.54 Å². The Bertz CT molecular complexity index is 1310. The average molecular weight is 425 g/mol. The van der Waals surface area contributed by atoms with E-state index in [9.17, 15) is 8.42 Å². The Kier molecular flexibility index (Phi) is 5.34. The van der Waals surface area contributed by atoms with Crippen LogP contribution in [0.25, 0.3) is 22.2 Å². The molecule has 0 bridgehead atoms. The van der Waals surface area contributed by atoms with Crippen molar-refractivity contribution in [1.82, 2.24) is 14.5 Å². The number of anilines is 1. The molecule has 0 amide bonds. The summed E-state index contributed by atoms with van der Waals surface area (Å²) in [5, 5.41) is 0. The SMILES string of the molecule is CCCCCn1c(N)c(S(=O)(=O)c2ccc(OC)cc2)c2nc3ccccc3nc21. The Morgan fingerprint density at radius 1 is 1.00 bits per heavy atom. The van der Waals surface area contributed by atoms with Gasteiger partial charge in [0.2, 0.25) is 9.84 Å². The quantitative estimate of drug-likeness (QED) is 0.446. The summed E-state index contributed by atoms with van der Waals surface area (Å²) in [7, 11) is -2.37. The molecule has 0 aliphatic rings. The van der Waals surface area contributed by atoms with Gasteiger partial charge >= 0.3 is 0 Å². The molecule has 0 spiro atoms. The first-order valence-corrected chi connectivity index (χ1v) is 11.4. The van der Waals surface area contributed by atoms with Crippen LogP contribution in [0.5, 0.6) is 5.75 Å². The average Bonchev–Trinajstić information content (AvgIpc) is 3.03. The Labute approximate surface area is 175 Å². The van der Waals surface area contributed by atoms with Crippen molar-refractivity contribution in [2.75, 3.05) is 12.8 Å². The molecule has 7 nitrogen and oxygen atoms in total. The molecule has 2 N–H and O–H groups in total. The van der Waals surface area contributed by atoms with Crippen molar-refractivity contribution in [2.45, 2.75) is 42.5 Å². The van der Waals surface area contributed by atoms with E-state index in [1.807, 2.05) is 24.3 Å². The Balaban J connectivity index is 1.97. The summed E-state index contributed by atoms with van der Waals surface area (Å²) in [4.78, 5) is 9.50. The summed E-state index contributed by atoms with van der Waals surface area (Å²) < 4.78 is 34.0. The predicted octanol–water partition coefficient (Wildman–Crippen LogP) is 4.20. The smallest absolute Gasteiger partial charge is 0.212 e. The zero-order valence-electron chi connectivity index (χ0n) is 17.0. The van der Waals surface area contributed by atoms with Gasteiger partial charge in [0.25, 0.3) is 0 Å². The highest BCUT2D eigenvalue weighted by atomic mass is 32.2. The van der Waals surface area contributed by atoms with E-state index in [-0.39, 0.29) is 15.6 Å². The lowest BCUT2D eigenvalue weighted by molar-refractivity contribution is 0.414. The van der Waals surface area contributed by atoms with Crippen molar-refractivity contribution >= 4 is 37.9 Å². The molecule has 2 aromatic heterocycles. The van der Waals surface area contributed by atoms with Gasteiger partial charge in [0.05, 0.1) is 23.0 Å². The highest BCUT2D eigenvalue weighted by Crippen LogP contribution is 2.35. The van der Waals surface area contributed by atoms with Crippen LogP contribution in [0.1, 0.15) is 26.2 Å². The molecule has 0 radical (unpaired) electrons. The van der Waals surface area contributed by atoms with Crippen LogP contribution < -0.4 is 10.5 Å². The molecule has 0 aliphatic carbocycles. The Morgan fingerprint density at radius 2 is 1.67 bits per heavy atom. The number of unbranched alkanes of at least 4 members (excludes halogenated alkanes) is 2. The summed E-state index contributed by atoms with van der Waals surface area (Å²) in [5.74, 6) is 0.752. The normalized spacial score (nSPS) is 11.9. The van der Waals surface area contributed by atoms with Crippen molar-refractivity contribution < 1.29 is 13.2 Å². The van der Waals surface area contributed by atoms with Crippen LogP contribution >= 0.6 is 0 Å². The number of nitrogens with two attached hydrogens (primary N) is 1. The molecule has 0 atom stereocenters. The van der Waals surface area contributed by atoms with Gasteiger partial charge in [-0.15, -0.1) is 0 Å². The van der Waals surface area contributed by atoms with E-state index < -0.39 is 9.84 Å². The van der Waals surface area contributed by atoms with Crippen molar-refractivity contribution in [3.8, 4) is 5.75 Å². The standard InChI is InChI=1S/C22H24N4O3S/c1-3-4-7-14-26-21(23)20(30(27,28)16-12-10-15(29-2)11-13-16)19-22(26)25-18-9-6-5-8-17(18)24-19/h5-6,8-13H,3-4,7,14,23H2,1-2H3. The zero-order valence-corrected chi connectivity index (χ0v) is 17.8. The summed E-state index contributed by atoms with van der Waals surface area (Å²) >= 11 is 0. The maximum absolute atomic E-state index is 13.5. The molecule has 2 aromatic carbocycles. The molecule has 30 heavy (non-hydrogen) atoms. The molecular formula is C22H24N4O3S. The molecule has 0 saturated carbocycles. The molecule has 4 aromatic rings. The first-order chi connectivity index (χ1) is 14.5. The van der Waals surface area contributed by atoms with E-state index in [0.717, 1.165) is 19.3 Å². The third-order valence-electron chi connectivity index (χ3n) is 5.17. The van der Waals surface area contributed by atoms with Crippen LogP contribution in [0.15, 0.2) is 58.3 Å². The number of aryl methyl sites for hydroxylation is 1. The van der Waals surface area contributed by atoms with E-state index in [4.69, 9.17) is 15.5 Å². The maximum Gasteiger partial charge on any atom is 0.212 e. The fourth-order valence-electron chi connectivity index (χ4n) is 3.57. The number of benzene rings is 2. The van der Waals surface area contributed by atoms with Gasteiger partial charge in [-0.2, -0.15) is 0 Å². The highest BCUT2D eigenvalue weighted by Gasteiger charge is 2.30. The zero-order chi connectivity index (χ0) is 21.3. The number of nitrogen functional groups attached to an aromatic ring is 1. The molecule has 0 unspecified atom stereocenters. The van der Waals surface area contributed by atoms with Crippen molar-refractivity contribution in [3.05, 3.63) is 48.5 Å². The number of hydrogen-bond donors (Lipinski definition) is 1. The number of hydrogen-bond acceptors (Lipinski definition) is 6. The topological polar surface area (TPSA) is 100 Å². The first kappa shape index (κ1) is 20.2. The van der Waals surface area contributed by atoms with Crippen molar-refractivity contribution in [1.29, 1.82) is 0 Å². The van der Waals surface area contributed by atoms with Gasteiger partial charge in [0.15, 0.2) is 5.65 Å². The third-order valence-corrected chi connectivity index (χ3v) is 7.00. The van der Waals surface area contributed by atoms with E-state index in [0.29, 0.717) is 34.5 Å². The van der Waals surface area contributed by atoms with Crippen LogP contribution in [0.4, 0.5) is 5.82 Å². The number of sulfone groups is 1. The molecular weight excluding hydrogens is 400 g/mol. The minimum Gasteiger partial charge on any atom is -0.497 e. The number of nitrogens with zero attached hydrogens (tertiary/aromatic N) is 3. The van der Waals surface area contributed by atoms with Crippen LogP contribution in [-0.4, -0.2) is 30.1 Å². The third kappa shape index (κ3) is 3.37. The fourth-order valence-corrected chi connectivity index (χ4v) is 5.08. The number of fused-ring (bicyclic) bond motifs is 2. The second-order valence-corrected chi connectivity index (χ2v) is 9.02. The molecule has 4 rings (SSSR count). The lowest BCUT2D eigenvalue weighted by Gasteiger charge is -2.08. The molecule has 2 heterocycles. The van der Waals surface area contributed by atoms with Crippen molar-refractivity contribution in [3.63, 3.8) is 0 Å². The highest BCUT2D eigenvalue weighted by molar-refractivity contribution is 7.92. The van der Waals surface area contributed by atoms with E-state index in [1.54, 1.807) is 16.7 Å². The largest absolute Gasteiger partial charge is 0.497 e. The van der Waals surface area contributed by atoms with Crippen LogP contribution in [0.3, 0.4) is 0 Å². The van der Waals surface area contributed by atoms with Gasteiger partial charge in [-0.25, -0.2) is 18.4 Å². The van der Waals surface area contributed by atoms with E-state index in [2.05, 4.69) is 11.9 Å². The van der Waals surface area contributed by atoms with E-state index >= 15 is 0 Å². The monoisotopic (exact) mass is 424 g/mol. The second-order valence-electron chi connectivity index (χ2n) is 7.14. The van der Waals surface area contributed by atoms with E-state index in [1.165, 1.54) is 19.2 Å². The molecule has 156 valence electrons. The number of ether oxygens (including phenoxy) is 1. The Hall–Kier alpha value is -3.13. The molecule has 8 heteroatoms. The summed E-state index contributed by atoms with van der Waals surface area (Å²) in [6.45, 7) is 2.70. The number of para-hydroxylation sites is 2. The number of rotatable bonds is 7. The predicted molar refractivity (Wildman–Crippen MR) is 117 cm³/mol. The lowest BCUT2D eigenvalue weighted by Crippen LogP contribution is -2.08. The van der Waals surface area contributed by atoms with Gasteiger partial charge in [-0.3, -0.25) is 0 Å². The maximum atomic E-state index is 13.5. The summed E-state index contributed by atoms with van der Waals surface area (Å²) in [6, 6.07) is 13.7. The molecule has 0 saturated heterocycles. The van der Waals surface area contributed by atoms with Crippen LogP contribution in [-0.2, 0) is 16.4 Å². The summed E-state index contributed by atoms with van der Waals surface area (Å²) in [5.41, 5.74) is 8.55. The van der Waals surface area contributed by atoms with Crippen LogP contribution in [0, 0.1) is 0 Å².